The molecule has 0 saturated heterocycles. The molecule has 2 rings (SSSR count). The van der Waals surface area contributed by atoms with Gasteiger partial charge in [-0.3, -0.25) is 9.78 Å². The molecule has 0 bridgehead atoms. The molecule has 0 fully saturated rings. The van der Waals surface area contributed by atoms with Crippen molar-refractivity contribution in [1.29, 1.82) is 0 Å². The standard InChI is InChI=1S/C20H26N2O3/c1-4-14(5-2)18(23)13-22-20(24)15-9-10-19(25-3)16(12-15)17-8-6-7-11-21-17/h6-12,14,18,23H,4-5,13H2,1-3H3,(H,22,24). The molecule has 0 radical (unpaired) electrons. The van der Waals surface area contributed by atoms with E-state index >= 15 is 0 Å². The molecule has 0 saturated carbocycles. The molecule has 1 heterocycles. The van der Waals surface area contributed by atoms with Gasteiger partial charge in [-0.1, -0.05) is 32.8 Å². The van der Waals surface area contributed by atoms with Gasteiger partial charge < -0.3 is 15.2 Å². The zero-order valence-electron chi connectivity index (χ0n) is 15.0. The van der Waals surface area contributed by atoms with Gasteiger partial charge in [0.05, 0.1) is 18.9 Å². The van der Waals surface area contributed by atoms with Crippen LogP contribution in [0.5, 0.6) is 5.75 Å². The van der Waals surface area contributed by atoms with E-state index in [1.807, 2.05) is 32.0 Å². The van der Waals surface area contributed by atoms with E-state index in [1.165, 1.54) is 0 Å². The van der Waals surface area contributed by atoms with Crippen molar-refractivity contribution in [2.75, 3.05) is 13.7 Å². The van der Waals surface area contributed by atoms with Gasteiger partial charge >= 0.3 is 0 Å². The number of benzene rings is 1. The molecular weight excluding hydrogens is 316 g/mol. The summed E-state index contributed by atoms with van der Waals surface area (Å²) in [5.41, 5.74) is 2.01. The van der Waals surface area contributed by atoms with Crippen molar-refractivity contribution in [1.82, 2.24) is 10.3 Å². The van der Waals surface area contributed by atoms with Gasteiger partial charge in [-0.2, -0.15) is 0 Å². The largest absolute Gasteiger partial charge is 0.496 e. The highest BCUT2D eigenvalue weighted by molar-refractivity contribution is 5.96. The van der Waals surface area contributed by atoms with Gasteiger partial charge in [0.15, 0.2) is 0 Å². The molecule has 1 atom stereocenters. The lowest BCUT2D eigenvalue weighted by Crippen LogP contribution is -2.36. The predicted octanol–water partition coefficient (Wildman–Crippen LogP) is 3.28. The minimum absolute atomic E-state index is 0.195. The van der Waals surface area contributed by atoms with E-state index in [0.29, 0.717) is 11.3 Å². The minimum Gasteiger partial charge on any atom is -0.496 e. The summed E-state index contributed by atoms with van der Waals surface area (Å²) in [6, 6.07) is 10.8. The smallest absolute Gasteiger partial charge is 0.251 e. The fourth-order valence-corrected chi connectivity index (χ4v) is 2.87. The number of aliphatic hydroxyl groups excluding tert-OH is 1. The molecule has 2 N–H and O–H groups in total. The third-order valence-corrected chi connectivity index (χ3v) is 4.47. The molecule has 2 aromatic rings. The van der Waals surface area contributed by atoms with Crippen molar-refractivity contribution in [3.63, 3.8) is 0 Å². The average molecular weight is 342 g/mol. The second-order valence-corrected chi connectivity index (χ2v) is 5.98. The molecule has 0 spiro atoms. The summed E-state index contributed by atoms with van der Waals surface area (Å²) in [6.45, 7) is 4.33. The Bertz CT molecular complexity index is 685. The topological polar surface area (TPSA) is 71.5 Å². The summed E-state index contributed by atoms with van der Waals surface area (Å²) in [5, 5.41) is 13.0. The maximum Gasteiger partial charge on any atom is 0.251 e. The van der Waals surface area contributed by atoms with Crippen LogP contribution in [0.2, 0.25) is 0 Å². The van der Waals surface area contributed by atoms with Gasteiger partial charge in [-0.15, -0.1) is 0 Å². The first-order chi connectivity index (χ1) is 12.1. The van der Waals surface area contributed by atoms with Crippen molar-refractivity contribution in [2.24, 2.45) is 5.92 Å². The molecular formula is C20H26N2O3. The predicted molar refractivity (Wildman–Crippen MR) is 98.6 cm³/mol. The van der Waals surface area contributed by atoms with Crippen molar-refractivity contribution in [3.05, 3.63) is 48.2 Å². The van der Waals surface area contributed by atoms with Gasteiger partial charge in [0.2, 0.25) is 0 Å². The summed E-state index contributed by atoms with van der Waals surface area (Å²) >= 11 is 0. The molecule has 0 aliphatic rings. The number of pyridine rings is 1. The van der Waals surface area contributed by atoms with Gasteiger partial charge in [-0.25, -0.2) is 0 Å². The maximum absolute atomic E-state index is 12.4. The molecule has 1 aromatic carbocycles. The van der Waals surface area contributed by atoms with Crippen molar-refractivity contribution >= 4 is 5.91 Å². The molecule has 134 valence electrons. The SMILES string of the molecule is CCC(CC)C(O)CNC(=O)c1ccc(OC)c(-c2ccccn2)c1. The molecule has 1 amide bonds. The third kappa shape index (κ3) is 4.79. The number of aliphatic hydroxyl groups is 1. The van der Waals surface area contributed by atoms with Gasteiger partial charge in [0, 0.05) is 23.9 Å². The highest BCUT2D eigenvalue weighted by Crippen LogP contribution is 2.29. The molecule has 0 aliphatic carbocycles. The van der Waals surface area contributed by atoms with Crippen LogP contribution in [0.4, 0.5) is 0 Å². The number of nitrogens with zero attached hydrogens (tertiary/aromatic N) is 1. The number of hydrogen-bond acceptors (Lipinski definition) is 4. The van der Waals surface area contributed by atoms with E-state index < -0.39 is 6.10 Å². The molecule has 1 aromatic heterocycles. The average Bonchev–Trinajstić information content (AvgIpc) is 2.67. The first-order valence-corrected chi connectivity index (χ1v) is 8.66. The van der Waals surface area contributed by atoms with Crippen LogP contribution in [0.1, 0.15) is 37.0 Å². The zero-order valence-corrected chi connectivity index (χ0v) is 15.0. The van der Waals surface area contributed by atoms with Crippen LogP contribution in [0.15, 0.2) is 42.6 Å². The molecule has 5 heteroatoms. The normalized spacial score (nSPS) is 12.0. The monoisotopic (exact) mass is 342 g/mol. The number of ether oxygens (including phenoxy) is 1. The number of carbonyl (C=O) groups is 1. The summed E-state index contributed by atoms with van der Waals surface area (Å²) in [5.74, 6) is 0.636. The Kier molecular flexibility index (Phi) is 6.95. The van der Waals surface area contributed by atoms with Gasteiger partial charge in [0.25, 0.3) is 5.91 Å². The fraction of sp³-hybridized carbons (Fsp3) is 0.400. The number of nitrogens with one attached hydrogen (secondary N) is 1. The number of aromatic nitrogens is 1. The van der Waals surface area contributed by atoms with E-state index in [1.54, 1.807) is 31.5 Å². The third-order valence-electron chi connectivity index (χ3n) is 4.47. The quantitative estimate of drug-likeness (QED) is 0.772. The first kappa shape index (κ1) is 18.9. The van der Waals surface area contributed by atoms with E-state index in [9.17, 15) is 9.90 Å². The lowest BCUT2D eigenvalue weighted by atomic mass is 9.96. The van der Waals surface area contributed by atoms with Crippen molar-refractivity contribution in [2.45, 2.75) is 32.8 Å². The molecule has 5 nitrogen and oxygen atoms in total. The summed E-state index contributed by atoms with van der Waals surface area (Å²) in [6.07, 6.45) is 2.94. The van der Waals surface area contributed by atoms with Crippen LogP contribution in [0.3, 0.4) is 0 Å². The molecule has 0 aliphatic heterocycles. The maximum atomic E-state index is 12.4. The zero-order chi connectivity index (χ0) is 18.2. The van der Waals surface area contributed by atoms with Crippen LogP contribution < -0.4 is 10.1 Å². The van der Waals surface area contributed by atoms with E-state index in [0.717, 1.165) is 24.1 Å². The lowest BCUT2D eigenvalue weighted by Gasteiger charge is -2.20. The van der Waals surface area contributed by atoms with Crippen molar-refractivity contribution < 1.29 is 14.6 Å². The second kappa shape index (κ2) is 9.18. The fourth-order valence-electron chi connectivity index (χ4n) is 2.87. The molecule has 25 heavy (non-hydrogen) atoms. The van der Waals surface area contributed by atoms with Crippen molar-refractivity contribution in [3.8, 4) is 17.0 Å². The number of amides is 1. The van der Waals surface area contributed by atoms with Crippen LogP contribution in [-0.4, -0.2) is 35.8 Å². The Morgan fingerprint density at radius 1 is 1.24 bits per heavy atom. The Balaban J connectivity index is 2.15. The highest BCUT2D eigenvalue weighted by atomic mass is 16.5. The Morgan fingerprint density at radius 3 is 2.60 bits per heavy atom. The van der Waals surface area contributed by atoms with Gasteiger partial charge in [-0.05, 0) is 36.2 Å². The molecule has 1 unspecified atom stereocenters. The van der Waals surface area contributed by atoms with Gasteiger partial charge in [0.1, 0.15) is 5.75 Å². The Labute approximate surface area is 149 Å². The van der Waals surface area contributed by atoms with E-state index in [2.05, 4.69) is 10.3 Å². The van der Waals surface area contributed by atoms with E-state index in [-0.39, 0.29) is 18.4 Å². The minimum atomic E-state index is -0.535. The van der Waals surface area contributed by atoms with Crippen LogP contribution in [-0.2, 0) is 0 Å². The van der Waals surface area contributed by atoms with E-state index in [4.69, 9.17) is 4.74 Å². The number of carbonyl (C=O) groups excluding carboxylic acids is 1. The summed E-state index contributed by atoms with van der Waals surface area (Å²) in [7, 11) is 1.59. The summed E-state index contributed by atoms with van der Waals surface area (Å²) < 4.78 is 5.38. The lowest BCUT2D eigenvalue weighted by molar-refractivity contribution is 0.0816. The van der Waals surface area contributed by atoms with Crippen LogP contribution in [0, 0.1) is 5.92 Å². The Morgan fingerprint density at radius 2 is 2.00 bits per heavy atom. The highest BCUT2D eigenvalue weighted by Gasteiger charge is 2.17. The second-order valence-electron chi connectivity index (χ2n) is 5.98. The van der Waals surface area contributed by atoms with Crippen LogP contribution in [0.25, 0.3) is 11.3 Å². The number of methoxy groups -OCH3 is 1. The summed E-state index contributed by atoms with van der Waals surface area (Å²) in [4.78, 5) is 16.8. The number of hydrogen-bond donors (Lipinski definition) is 2. The number of rotatable bonds is 8. The Hall–Kier alpha value is -2.40. The first-order valence-electron chi connectivity index (χ1n) is 8.66. The van der Waals surface area contributed by atoms with Crippen LogP contribution >= 0.6 is 0 Å².